The minimum Gasteiger partial charge on any atom is -0.244 e. The molecule has 3 aromatic rings. The maximum Gasteiger partial charge on any atom is 0.224 e. The highest BCUT2D eigenvalue weighted by atomic mass is 32.2. The molecule has 0 bridgehead atoms. The molecule has 0 fully saturated rings. The number of aromatic nitrogens is 1. The van der Waals surface area contributed by atoms with Crippen LogP contribution in [0.25, 0.3) is 10.8 Å². The molecule has 3 rings (SSSR count). The zero-order chi connectivity index (χ0) is 14.2. The quantitative estimate of drug-likeness (QED) is 0.724. The van der Waals surface area contributed by atoms with Crippen molar-refractivity contribution >= 4 is 20.6 Å². The van der Waals surface area contributed by atoms with E-state index in [1.165, 1.54) is 6.20 Å². The monoisotopic (exact) mass is 283 g/mol. The van der Waals surface area contributed by atoms with Crippen LogP contribution < -0.4 is 0 Å². The van der Waals surface area contributed by atoms with Crippen LogP contribution >= 0.6 is 0 Å². The number of hydrogen-bond acceptors (Lipinski definition) is 3. The number of pyridine rings is 1. The molecule has 1 aromatic heterocycles. The Morgan fingerprint density at radius 1 is 0.950 bits per heavy atom. The molecule has 0 radical (unpaired) electrons. The smallest absolute Gasteiger partial charge is 0.224 e. The summed E-state index contributed by atoms with van der Waals surface area (Å²) in [5, 5.41) is 1.65. The average Bonchev–Trinajstić information content (AvgIpc) is 2.47. The van der Waals surface area contributed by atoms with Crippen LogP contribution in [0.1, 0.15) is 5.56 Å². The summed E-state index contributed by atoms with van der Waals surface area (Å²) in [6.45, 7) is 1.98. The van der Waals surface area contributed by atoms with Gasteiger partial charge < -0.3 is 0 Å². The Balaban J connectivity index is 2.30. The van der Waals surface area contributed by atoms with Crippen molar-refractivity contribution in [2.24, 2.45) is 0 Å². The van der Waals surface area contributed by atoms with E-state index in [0.717, 1.165) is 10.9 Å². The highest BCUT2D eigenvalue weighted by molar-refractivity contribution is 7.91. The van der Waals surface area contributed by atoms with Gasteiger partial charge in [-0.3, -0.25) is 0 Å². The molecule has 0 aliphatic rings. The molecular weight excluding hydrogens is 270 g/mol. The van der Waals surface area contributed by atoms with Gasteiger partial charge in [-0.2, -0.15) is 0 Å². The number of hydrogen-bond donors (Lipinski definition) is 0. The van der Waals surface area contributed by atoms with Gasteiger partial charge in [-0.1, -0.05) is 42.0 Å². The normalized spacial score (nSPS) is 11.7. The van der Waals surface area contributed by atoms with Gasteiger partial charge in [0.15, 0.2) is 5.03 Å². The average molecular weight is 283 g/mol. The van der Waals surface area contributed by atoms with Gasteiger partial charge >= 0.3 is 0 Å². The summed E-state index contributed by atoms with van der Waals surface area (Å²) >= 11 is 0. The summed E-state index contributed by atoms with van der Waals surface area (Å²) in [4.78, 5) is 4.36. The molecule has 2 aromatic carbocycles. The predicted molar refractivity (Wildman–Crippen MR) is 78.4 cm³/mol. The molecule has 0 spiro atoms. The molecule has 0 saturated heterocycles. The largest absolute Gasteiger partial charge is 0.244 e. The van der Waals surface area contributed by atoms with Gasteiger partial charge in [0, 0.05) is 11.6 Å². The van der Waals surface area contributed by atoms with Crippen molar-refractivity contribution in [1.29, 1.82) is 0 Å². The van der Waals surface area contributed by atoms with E-state index in [0.29, 0.717) is 5.39 Å². The predicted octanol–water partition coefficient (Wildman–Crippen LogP) is 3.38. The molecule has 0 aliphatic carbocycles. The molecule has 0 aliphatic heterocycles. The summed E-state index contributed by atoms with van der Waals surface area (Å²) in [6, 6.07) is 15.9. The van der Waals surface area contributed by atoms with E-state index in [4.69, 9.17) is 0 Å². The SMILES string of the molecule is Cc1ccc2c(S(=O)(=O)c3ccccc3)nccc2c1. The molecule has 0 unspecified atom stereocenters. The third-order valence-corrected chi connectivity index (χ3v) is 4.92. The van der Waals surface area contributed by atoms with Crippen LogP contribution in [0, 0.1) is 6.92 Å². The van der Waals surface area contributed by atoms with Crippen LogP contribution in [0.3, 0.4) is 0 Å². The number of sulfone groups is 1. The minimum absolute atomic E-state index is 0.112. The Kier molecular flexibility index (Phi) is 3.03. The lowest BCUT2D eigenvalue weighted by Crippen LogP contribution is -2.05. The van der Waals surface area contributed by atoms with Gasteiger partial charge in [0.25, 0.3) is 0 Å². The number of rotatable bonds is 2. The van der Waals surface area contributed by atoms with Crippen molar-refractivity contribution in [3.05, 3.63) is 66.4 Å². The van der Waals surface area contributed by atoms with E-state index in [-0.39, 0.29) is 9.92 Å². The molecule has 0 saturated carbocycles. The fourth-order valence-electron chi connectivity index (χ4n) is 2.20. The van der Waals surface area contributed by atoms with E-state index < -0.39 is 9.84 Å². The van der Waals surface area contributed by atoms with E-state index in [1.54, 1.807) is 30.3 Å². The topological polar surface area (TPSA) is 47.0 Å². The van der Waals surface area contributed by atoms with Crippen LogP contribution in [0.4, 0.5) is 0 Å². The third-order valence-electron chi connectivity index (χ3n) is 3.19. The zero-order valence-corrected chi connectivity index (χ0v) is 11.8. The van der Waals surface area contributed by atoms with Crippen LogP contribution in [0.5, 0.6) is 0 Å². The van der Waals surface area contributed by atoms with E-state index in [2.05, 4.69) is 4.98 Å². The highest BCUT2D eigenvalue weighted by Crippen LogP contribution is 2.26. The Hall–Kier alpha value is -2.20. The number of nitrogens with zero attached hydrogens (tertiary/aromatic N) is 1. The lowest BCUT2D eigenvalue weighted by Gasteiger charge is -2.07. The van der Waals surface area contributed by atoms with E-state index in [1.807, 2.05) is 31.2 Å². The first kappa shape index (κ1) is 12.8. The van der Waals surface area contributed by atoms with Crippen molar-refractivity contribution < 1.29 is 8.42 Å². The third kappa shape index (κ3) is 2.08. The minimum atomic E-state index is -3.59. The summed E-state index contributed by atoms with van der Waals surface area (Å²) < 4.78 is 25.3. The molecule has 0 N–H and O–H groups in total. The van der Waals surface area contributed by atoms with Crippen molar-refractivity contribution in [3.8, 4) is 0 Å². The Morgan fingerprint density at radius 2 is 1.70 bits per heavy atom. The first-order valence-electron chi connectivity index (χ1n) is 6.24. The highest BCUT2D eigenvalue weighted by Gasteiger charge is 2.21. The fraction of sp³-hybridized carbons (Fsp3) is 0.0625. The van der Waals surface area contributed by atoms with Gasteiger partial charge in [-0.25, -0.2) is 13.4 Å². The molecule has 4 heteroatoms. The Morgan fingerprint density at radius 3 is 2.45 bits per heavy atom. The number of benzene rings is 2. The maximum absolute atomic E-state index is 12.7. The number of aryl methyl sites for hydroxylation is 1. The van der Waals surface area contributed by atoms with E-state index in [9.17, 15) is 8.42 Å². The van der Waals surface area contributed by atoms with Crippen molar-refractivity contribution in [2.75, 3.05) is 0 Å². The molecule has 0 amide bonds. The molecule has 1 heterocycles. The molecule has 0 atom stereocenters. The lowest BCUT2D eigenvalue weighted by atomic mass is 10.1. The number of fused-ring (bicyclic) bond motifs is 1. The van der Waals surface area contributed by atoms with Crippen molar-refractivity contribution in [2.45, 2.75) is 16.8 Å². The molecule has 20 heavy (non-hydrogen) atoms. The summed E-state index contributed by atoms with van der Waals surface area (Å²) in [6.07, 6.45) is 1.54. The van der Waals surface area contributed by atoms with Crippen LogP contribution in [0.15, 0.2) is 70.7 Å². The van der Waals surface area contributed by atoms with Crippen LogP contribution in [-0.4, -0.2) is 13.4 Å². The summed E-state index contributed by atoms with van der Waals surface area (Å²) in [5.41, 5.74) is 1.09. The Bertz CT molecular complexity index is 871. The first-order valence-corrected chi connectivity index (χ1v) is 7.73. The lowest BCUT2D eigenvalue weighted by molar-refractivity contribution is 0.593. The Labute approximate surface area is 117 Å². The molecular formula is C16H13NO2S. The second kappa shape index (κ2) is 4.72. The van der Waals surface area contributed by atoms with E-state index >= 15 is 0 Å². The van der Waals surface area contributed by atoms with Gasteiger partial charge in [0.05, 0.1) is 4.90 Å². The van der Waals surface area contributed by atoms with Crippen molar-refractivity contribution in [1.82, 2.24) is 4.98 Å². The maximum atomic E-state index is 12.7. The van der Waals surface area contributed by atoms with Gasteiger partial charge in [0.2, 0.25) is 9.84 Å². The van der Waals surface area contributed by atoms with Crippen molar-refractivity contribution in [3.63, 3.8) is 0 Å². The summed E-state index contributed by atoms with van der Waals surface area (Å²) in [5.74, 6) is 0. The van der Waals surface area contributed by atoms with Gasteiger partial charge in [-0.15, -0.1) is 0 Å². The second-order valence-electron chi connectivity index (χ2n) is 4.66. The molecule has 100 valence electrons. The van der Waals surface area contributed by atoms with Gasteiger partial charge in [0.1, 0.15) is 0 Å². The second-order valence-corrected chi connectivity index (χ2v) is 6.52. The van der Waals surface area contributed by atoms with Gasteiger partial charge in [-0.05, 0) is 30.5 Å². The first-order chi connectivity index (χ1) is 9.59. The van der Waals surface area contributed by atoms with Crippen LogP contribution in [0.2, 0.25) is 0 Å². The fourth-order valence-corrected chi connectivity index (χ4v) is 3.61. The summed E-state index contributed by atoms with van der Waals surface area (Å²) in [7, 11) is -3.59. The standard InChI is InChI=1S/C16H13NO2S/c1-12-7-8-15-13(11-12)9-10-17-16(15)20(18,19)14-5-3-2-4-6-14/h2-11H,1H3. The van der Waals surface area contributed by atoms with Crippen LogP contribution in [-0.2, 0) is 9.84 Å². The molecule has 3 nitrogen and oxygen atoms in total. The zero-order valence-electron chi connectivity index (χ0n) is 10.9.